The van der Waals surface area contributed by atoms with E-state index in [-0.39, 0.29) is 25.3 Å². The SMILES string of the molecule is CCCC(C)=O.[Ru+3]. The van der Waals surface area contributed by atoms with Crippen LogP contribution in [0.15, 0.2) is 0 Å². The molecule has 1 nitrogen and oxygen atoms in total. The Bertz CT molecular complexity index is 52.0. The third-order valence-corrected chi connectivity index (χ3v) is 0.602. The van der Waals surface area contributed by atoms with Gasteiger partial charge in [0.25, 0.3) is 0 Å². The van der Waals surface area contributed by atoms with Gasteiger partial charge in [-0.15, -0.1) is 0 Å². The summed E-state index contributed by atoms with van der Waals surface area (Å²) in [7, 11) is 0. The molecule has 0 aliphatic heterocycles. The van der Waals surface area contributed by atoms with Crippen molar-refractivity contribution in [3.05, 3.63) is 0 Å². The van der Waals surface area contributed by atoms with Crippen LogP contribution in [0, 0.1) is 0 Å². The second kappa shape index (κ2) is 6.29. The molecule has 0 aliphatic carbocycles. The molecule has 0 unspecified atom stereocenters. The number of carbonyl (C=O) groups is 1. The summed E-state index contributed by atoms with van der Waals surface area (Å²) in [4.78, 5) is 10.0. The molecule has 0 fully saturated rings. The molecule has 7 heavy (non-hydrogen) atoms. The molecule has 0 heterocycles. The topological polar surface area (TPSA) is 17.1 Å². The van der Waals surface area contributed by atoms with E-state index in [4.69, 9.17) is 0 Å². The van der Waals surface area contributed by atoms with E-state index < -0.39 is 0 Å². The zero-order valence-electron chi connectivity index (χ0n) is 4.68. The van der Waals surface area contributed by atoms with E-state index in [1.54, 1.807) is 6.92 Å². The summed E-state index contributed by atoms with van der Waals surface area (Å²) < 4.78 is 0. The first-order valence-electron chi connectivity index (χ1n) is 2.26. The first-order valence-corrected chi connectivity index (χ1v) is 2.26. The molecule has 0 rings (SSSR count). The molecule has 41 valence electrons. The van der Waals surface area contributed by atoms with Crippen LogP contribution in [0.3, 0.4) is 0 Å². The third-order valence-electron chi connectivity index (χ3n) is 0.602. The maximum atomic E-state index is 10.0. The fourth-order valence-corrected chi connectivity index (χ4v) is 0.352. The average molecular weight is 187 g/mol. The van der Waals surface area contributed by atoms with Crippen molar-refractivity contribution in [2.45, 2.75) is 26.7 Å². The number of hydrogen-bond donors (Lipinski definition) is 0. The minimum atomic E-state index is 0. The zero-order valence-corrected chi connectivity index (χ0v) is 6.41. The monoisotopic (exact) mass is 188 g/mol. The van der Waals surface area contributed by atoms with Gasteiger partial charge < -0.3 is 4.79 Å². The summed E-state index contributed by atoms with van der Waals surface area (Å²) in [6.07, 6.45) is 1.72. The first kappa shape index (κ1) is 10.3. The summed E-state index contributed by atoms with van der Waals surface area (Å²) in [5, 5.41) is 0. The summed E-state index contributed by atoms with van der Waals surface area (Å²) >= 11 is 0. The Balaban J connectivity index is 0. The predicted molar refractivity (Wildman–Crippen MR) is 25.6 cm³/mol. The van der Waals surface area contributed by atoms with Crippen LogP contribution in [0.2, 0.25) is 0 Å². The van der Waals surface area contributed by atoms with Crippen molar-refractivity contribution in [2.24, 2.45) is 0 Å². The maximum absolute atomic E-state index is 10.0. The molecule has 0 spiro atoms. The van der Waals surface area contributed by atoms with Gasteiger partial charge in [0, 0.05) is 6.42 Å². The molecule has 0 saturated heterocycles. The smallest absolute Gasteiger partial charge is 0.300 e. The number of rotatable bonds is 2. The van der Waals surface area contributed by atoms with Crippen molar-refractivity contribution >= 4 is 5.78 Å². The molecule has 0 aromatic heterocycles. The summed E-state index contributed by atoms with van der Waals surface area (Å²) in [6.45, 7) is 3.62. The Morgan fingerprint density at radius 2 is 2.00 bits per heavy atom. The number of carbonyl (C=O) groups excluding carboxylic acids is 1. The van der Waals surface area contributed by atoms with E-state index in [0.717, 1.165) is 12.8 Å². The zero-order chi connectivity index (χ0) is 4.99. The molecule has 0 bridgehead atoms. The van der Waals surface area contributed by atoms with Crippen LogP contribution >= 0.6 is 0 Å². The fraction of sp³-hybridized carbons (Fsp3) is 0.800. The number of ketones is 1. The summed E-state index contributed by atoms with van der Waals surface area (Å²) in [5.41, 5.74) is 0. The quantitative estimate of drug-likeness (QED) is 0.597. The molecule has 0 amide bonds. The number of Topliss-reactive ketones (excluding diaryl/α,β-unsaturated/α-hetero) is 1. The summed E-state index contributed by atoms with van der Waals surface area (Å²) in [6, 6.07) is 0. The van der Waals surface area contributed by atoms with Crippen LogP contribution in [0.1, 0.15) is 26.7 Å². The minimum Gasteiger partial charge on any atom is -0.300 e. The van der Waals surface area contributed by atoms with E-state index >= 15 is 0 Å². The van der Waals surface area contributed by atoms with Gasteiger partial charge in [-0.25, -0.2) is 0 Å². The minimum absolute atomic E-state index is 0. The molecule has 1 radical (unpaired) electrons. The Morgan fingerprint density at radius 1 is 1.57 bits per heavy atom. The van der Waals surface area contributed by atoms with Gasteiger partial charge in [0.05, 0.1) is 0 Å². The third kappa shape index (κ3) is 10.7. The molecule has 0 aliphatic rings. The maximum Gasteiger partial charge on any atom is 3.00 e. The van der Waals surface area contributed by atoms with Crippen molar-refractivity contribution < 1.29 is 24.3 Å². The van der Waals surface area contributed by atoms with Crippen LogP contribution < -0.4 is 0 Å². The second-order valence-corrected chi connectivity index (χ2v) is 1.45. The largest absolute Gasteiger partial charge is 3.00 e. The van der Waals surface area contributed by atoms with Crippen molar-refractivity contribution in [2.75, 3.05) is 0 Å². The molecular formula is C5H10ORu+3. The molecule has 0 aromatic rings. The standard InChI is InChI=1S/C5H10O.Ru/c1-3-4-5(2)6;/h3-4H2,1-2H3;/q;+3. The van der Waals surface area contributed by atoms with Gasteiger partial charge in [0.1, 0.15) is 5.78 Å². The Hall–Kier alpha value is 0.293. The predicted octanol–water partition coefficient (Wildman–Crippen LogP) is 1.37. The van der Waals surface area contributed by atoms with E-state index in [1.807, 2.05) is 6.92 Å². The Morgan fingerprint density at radius 3 is 2.00 bits per heavy atom. The van der Waals surface area contributed by atoms with Gasteiger partial charge in [-0.3, -0.25) is 0 Å². The van der Waals surface area contributed by atoms with Crippen LogP contribution in [-0.2, 0) is 24.3 Å². The molecule has 0 aromatic carbocycles. The van der Waals surface area contributed by atoms with Gasteiger partial charge in [0.15, 0.2) is 0 Å². The second-order valence-electron chi connectivity index (χ2n) is 1.45. The van der Waals surface area contributed by atoms with Crippen LogP contribution in [0.5, 0.6) is 0 Å². The fourth-order valence-electron chi connectivity index (χ4n) is 0.352. The van der Waals surface area contributed by atoms with E-state index in [0.29, 0.717) is 0 Å². The van der Waals surface area contributed by atoms with Gasteiger partial charge in [-0.05, 0) is 13.3 Å². The van der Waals surface area contributed by atoms with E-state index in [2.05, 4.69) is 0 Å². The normalized spacial score (nSPS) is 7.14. The van der Waals surface area contributed by atoms with Crippen LogP contribution in [0.25, 0.3) is 0 Å². The van der Waals surface area contributed by atoms with Crippen molar-refractivity contribution in [3.63, 3.8) is 0 Å². The number of hydrogen-bond acceptors (Lipinski definition) is 1. The van der Waals surface area contributed by atoms with Gasteiger partial charge in [0.2, 0.25) is 0 Å². The molecule has 0 N–H and O–H groups in total. The average Bonchev–Trinajstić information content (AvgIpc) is 1.35. The molecular weight excluding hydrogens is 177 g/mol. The van der Waals surface area contributed by atoms with E-state index in [9.17, 15) is 4.79 Å². The Kier molecular flexibility index (Phi) is 9.27. The van der Waals surface area contributed by atoms with Crippen LogP contribution in [-0.4, -0.2) is 5.78 Å². The van der Waals surface area contributed by atoms with Crippen molar-refractivity contribution in [1.82, 2.24) is 0 Å². The van der Waals surface area contributed by atoms with Crippen molar-refractivity contribution in [1.29, 1.82) is 0 Å². The molecule has 0 saturated carbocycles. The van der Waals surface area contributed by atoms with Crippen molar-refractivity contribution in [3.8, 4) is 0 Å². The summed E-state index contributed by atoms with van der Waals surface area (Å²) in [5.74, 6) is 0.289. The van der Waals surface area contributed by atoms with Gasteiger partial charge in [-0.2, -0.15) is 0 Å². The molecule has 2 heteroatoms. The van der Waals surface area contributed by atoms with Gasteiger partial charge in [-0.1, -0.05) is 6.92 Å². The molecule has 0 atom stereocenters. The Labute approximate surface area is 57.2 Å². The first-order chi connectivity index (χ1) is 2.77. The van der Waals surface area contributed by atoms with E-state index in [1.165, 1.54) is 0 Å². The van der Waals surface area contributed by atoms with Gasteiger partial charge >= 0.3 is 19.5 Å². The van der Waals surface area contributed by atoms with Crippen LogP contribution in [0.4, 0.5) is 0 Å².